The fraction of sp³-hybridized carbons (Fsp3) is 0.600. The summed E-state index contributed by atoms with van der Waals surface area (Å²) in [5.41, 5.74) is 0. The molecule has 0 unspecified atom stereocenters. The number of aromatic nitrogens is 3. The van der Waals surface area contributed by atoms with Crippen molar-refractivity contribution in [3.8, 4) is 0 Å². The minimum absolute atomic E-state index is 0.904. The summed E-state index contributed by atoms with van der Waals surface area (Å²) in [6.07, 6.45) is 5.60. The van der Waals surface area contributed by atoms with Crippen molar-refractivity contribution in [2.24, 2.45) is 7.05 Å². The first-order valence-electron chi connectivity index (χ1n) is 4.99. The molecule has 0 fully saturated rings. The van der Waals surface area contributed by atoms with Crippen molar-refractivity contribution in [3.05, 3.63) is 23.8 Å². The number of hydrogen-bond donors (Lipinski definition) is 0. The summed E-state index contributed by atoms with van der Waals surface area (Å²) in [6.45, 7) is 5.04. The van der Waals surface area contributed by atoms with E-state index in [9.17, 15) is 0 Å². The van der Waals surface area contributed by atoms with Crippen LogP contribution in [0.5, 0.6) is 0 Å². The summed E-state index contributed by atoms with van der Waals surface area (Å²) in [5.74, 6) is 2.03. The first-order valence-corrected chi connectivity index (χ1v) is 4.99. The van der Waals surface area contributed by atoms with Crippen molar-refractivity contribution >= 4 is 0 Å². The molecule has 2 rings (SSSR count). The quantitative estimate of drug-likeness (QED) is 0.652. The molecule has 0 atom stereocenters. The lowest BCUT2D eigenvalue weighted by Crippen LogP contribution is -2.28. The fourth-order valence-corrected chi connectivity index (χ4v) is 1.62. The molecule has 0 N–H and O–H groups in total. The van der Waals surface area contributed by atoms with E-state index in [1.807, 2.05) is 14.0 Å². The van der Waals surface area contributed by atoms with Gasteiger partial charge in [0.05, 0.1) is 6.54 Å². The van der Waals surface area contributed by atoms with Crippen LogP contribution >= 0.6 is 0 Å². The molecule has 0 aromatic carbocycles. The fourth-order valence-electron chi connectivity index (χ4n) is 1.62. The molecule has 0 saturated heterocycles. The molecule has 0 radical (unpaired) electrons. The molecule has 76 valence electrons. The van der Waals surface area contributed by atoms with E-state index in [1.165, 1.54) is 0 Å². The maximum Gasteiger partial charge on any atom is 0.146 e. The Hall–Kier alpha value is -1.16. The highest BCUT2D eigenvalue weighted by atomic mass is 15.3. The molecule has 1 aliphatic rings. The second kappa shape index (κ2) is 3.92. The second-order valence-electron chi connectivity index (χ2n) is 3.72. The molecule has 4 heteroatoms. The molecule has 0 bridgehead atoms. The van der Waals surface area contributed by atoms with Crippen LogP contribution in [0.1, 0.15) is 18.1 Å². The zero-order valence-corrected chi connectivity index (χ0v) is 8.77. The average molecular weight is 192 g/mol. The van der Waals surface area contributed by atoms with Crippen LogP contribution in [0.3, 0.4) is 0 Å². The average Bonchev–Trinajstić information content (AvgIpc) is 2.52. The van der Waals surface area contributed by atoms with E-state index < -0.39 is 0 Å². The Morgan fingerprint density at radius 1 is 1.36 bits per heavy atom. The SMILES string of the molecule is Cc1nnc(CN2CC=CCC2)n1C. The van der Waals surface area contributed by atoms with Crippen molar-refractivity contribution < 1.29 is 0 Å². The normalized spacial score (nSPS) is 17.6. The van der Waals surface area contributed by atoms with Crippen LogP contribution in [0, 0.1) is 6.92 Å². The second-order valence-corrected chi connectivity index (χ2v) is 3.72. The largest absolute Gasteiger partial charge is 0.317 e. The zero-order valence-electron chi connectivity index (χ0n) is 8.77. The summed E-state index contributed by atoms with van der Waals surface area (Å²) in [5, 5.41) is 8.21. The minimum atomic E-state index is 0.904. The van der Waals surface area contributed by atoms with Crippen molar-refractivity contribution in [1.29, 1.82) is 0 Å². The van der Waals surface area contributed by atoms with Crippen molar-refractivity contribution in [2.45, 2.75) is 19.9 Å². The number of aryl methyl sites for hydroxylation is 1. The van der Waals surface area contributed by atoms with Gasteiger partial charge in [-0.2, -0.15) is 0 Å². The van der Waals surface area contributed by atoms with Crippen LogP contribution in [-0.2, 0) is 13.6 Å². The predicted molar refractivity (Wildman–Crippen MR) is 54.8 cm³/mol. The van der Waals surface area contributed by atoms with E-state index in [4.69, 9.17) is 0 Å². The predicted octanol–water partition coefficient (Wildman–Crippen LogP) is 0.885. The first kappa shape index (κ1) is 9.40. The number of nitrogens with zero attached hydrogens (tertiary/aromatic N) is 4. The van der Waals surface area contributed by atoms with Gasteiger partial charge in [0.1, 0.15) is 11.6 Å². The van der Waals surface area contributed by atoms with E-state index in [0.29, 0.717) is 0 Å². The zero-order chi connectivity index (χ0) is 9.97. The van der Waals surface area contributed by atoms with Crippen LogP contribution in [0.15, 0.2) is 12.2 Å². The number of hydrogen-bond acceptors (Lipinski definition) is 3. The van der Waals surface area contributed by atoms with Gasteiger partial charge in [-0.1, -0.05) is 12.2 Å². The first-order chi connectivity index (χ1) is 6.77. The van der Waals surface area contributed by atoms with Crippen molar-refractivity contribution in [2.75, 3.05) is 13.1 Å². The number of rotatable bonds is 2. The van der Waals surface area contributed by atoms with E-state index >= 15 is 0 Å². The summed E-state index contributed by atoms with van der Waals surface area (Å²) in [6, 6.07) is 0. The minimum Gasteiger partial charge on any atom is -0.317 e. The molecular formula is C10H16N4. The Kier molecular flexibility index (Phi) is 2.63. The highest BCUT2D eigenvalue weighted by Crippen LogP contribution is 2.07. The van der Waals surface area contributed by atoms with E-state index in [0.717, 1.165) is 37.7 Å². The van der Waals surface area contributed by atoms with Crippen LogP contribution in [0.25, 0.3) is 0 Å². The van der Waals surface area contributed by atoms with Crippen molar-refractivity contribution in [3.63, 3.8) is 0 Å². The third-order valence-electron chi connectivity index (χ3n) is 2.69. The highest BCUT2D eigenvalue weighted by molar-refractivity contribution is 4.96. The molecular weight excluding hydrogens is 176 g/mol. The summed E-state index contributed by atoms with van der Waals surface area (Å²) in [7, 11) is 2.02. The van der Waals surface area contributed by atoms with E-state index in [2.05, 4.69) is 31.8 Å². The molecule has 1 aliphatic heterocycles. The molecule has 0 saturated carbocycles. The van der Waals surface area contributed by atoms with Crippen LogP contribution in [0.2, 0.25) is 0 Å². The summed E-state index contributed by atoms with van der Waals surface area (Å²) >= 11 is 0. The summed E-state index contributed by atoms with van der Waals surface area (Å²) in [4.78, 5) is 2.38. The van der Waals surface area contributed by atoms with Gasteiger partial charge in [0.2, 0.25) is 0 Å². The van der Waals surface area contributed by atoms with Gasteiger partial charge in [0, 0.05) is 20.1 Å². The Labute approximate surface area is 84.2 Å². The van der Waals surface area contributed by atoms with Gasteiger partial charge in [-0.05, 0) is 13.3 Å². The van der Waals surface area contributed by atoms with E-state index in [1.54, 1.807) is 0 Å². The third kappa shape index (κ3) is 1.85. The lowest BCUT2D eigenvalue weighted by molar-refractivity contribution is 0.280. The van der Waals surface area contributed by atoms with Crippen molar-refractivity contribution in [1.82, 2.24) is 19.7 Å². The molecule has 2 heterocycles. The maximum atomic E-state index is 4.16. The Morgan fingerprint density at radius 2 is 2.21 bits per heavy atom. The third-order valence-corrected chi connectivity index (χ3v) is 2.69. The van der Waals surface area contributed by atoms with Gasteiger partial charge in [0.15, 0.2) is 0 Å². The molecule has 4 nitrogen and oxygen atoms in total. The van der Waals surface area contributed by atoms with Gasteiger partial charge in [0.25, 0.3) is 0 Å². The van der Waals surface area contributed by atoms with Gasteiger partial charge < -0.3 is 4.57 Å². The van der Waals surface area contributed by atoms with E-state index in [-0.39, 0.29) is 0 Å². The molecule has 14 heavy (non-hydrogen) atoms. The lowest BCUT2D eigenvalue weighted by Gasteiger charge is -2.22. The van der Waals surface area contributed by atoms with Crippen LogP contribution in [-0.4, -0.2) is 32.8 Å². The van der Waals surface area contributed by atoms with Gasteiger partial charge >= 0.3 is 0 Å². The maximum absolute atomic E-state index is 4.16. The highest BCUT2D eigenvalue weighted by Gasteiger charge is 2.11. The molecule has 1 aromatic heterocycles. The van der Waals surface area contributed by atoms with Gasteiger partial charge in [-0.15, -0.1) is 10.2 Å². The Bertz CT molecular complexity index is 340. The molecule has 0 aliphatic carbocycles. The van der Waals surface area contributed by atoms with Gasteiger partial charge in [-0.3, -0.25) is 4.90 Å². The Balaban J connectivity index is 2.03. The Morgan fingerprint density at radius 3 is 2.79 bits per heavy atom. The lowest BCUT2D eigenvalue weighted by atomic mass is 10.2. The molecule has 0 amide bonds. The smallest absolute Gasteiger partial charge is 0.146 e. The van der Waals surface area contributed by atoms with Gasteiger partial charge in [-0.25, -0.2) is 0 Å². The van der Waals surface area contributed by atoms with Crippen LogP contribution in [0.4, 0.5) is 0 Å². The molecule has 0 spiro atoms. The topological polar surface area (TPSA) is 34.0 Å². The summed E-state index contributed by atoms with van der Waals surface area (Å²) < 4.78 is 2.05. The van der Waals surface area contributed by atoms with Crippen LogP contribution < -0.4 is 0 Å². The standard InChI is InChI=1S/C10H16N4/c1-9-11-12-10(13(9)2)8-14-6-4-3-5-7-14/h3-4H,5-8H2,1-2H3. The molecule has 1 aromatic rings. The monoisotopic (exact) mass is 192 g/mol.